The fraction of sp³-hybridized carbons (Fsp3) is 0.389. The van der Waals surface area contributed by atoms with Gasteiger partial charge < -0.3 is 25.0 Å². The molecule has 2 unspecified atom stereocenters. The Labute approximate surface area is 270 Å². The standard InChI is InChI=1S/C36H43N5O5/c1-25(26-13-6-3-7-14-26)33(34(43)44)41-24-27-23-30(46-22-12-19-32(42)40(2)29-17-10-5-11-18-29)20-21-31(27)38-35(41)39-36(45)37-28-15-8-4-9-16-28/h3-4,6-9,13-16,20-21,23,25,29,33H,5,10-12,17-19,22,24H2,1-2H3,(H,43,44)(H2,37,38,39,45). The Morgan fingerprint density at radius 2 is 1.67 bits per heavy atom. The van der Waals surface area contributed by atoms with E-state index in [0.717, 1.165) is 24.0 Å². The molecule has 242 valence electrons. The number of nitrogens with zero attached hydrogens (tertiary/aromatic N) is 3. The van der Waals surface area contributed by atoms with Crippen molar-refractivity contribution in [2.75, 3.05) is 19.0 Å². The number of carboxylic acids is 1. The number of hydrogen-bond donors (Lipinski definition) is 3. The maximum absolute atomic E-state index is 13.0. The van der Waals surface area contributed by atoms with Crippen LogP contribution in [-0.4, -0.2) is 64.5 Å². The summed E-state index contributed by atoms with van der Waals surface area (Å²) in [5.41, 5.74) is 2.83. The van der Waals surface area contributed by atoms with Gasteiger partial charge in [-0.1, -0.05) is 74.7 Å². The summed E-state index contributed by atoms with van der Waals surface area (Å²) >= 11 is 0. The fourth-order valence-electron chi connectivity index (χ4n) is 6.26. The number of carbonyl (C=O) groups excluding carboxylic acids is 2. The molecule has 0 bridgehead atoms. The maximum atomic E-state index is 13.0. The van der Waals surface area contributed by atoms with E-state index in [9.17, 15) is 19.5 Å². The van der Waals surface area contributed by atoms with E-state index in [0.29, 0.717) is 42.6 Å². The lowest BCUT2D eigenvalue weighted by Crippen LogP contribution is -2.54. The summed E-state index contributed by atoms with van der Waals surface area (Å²) in [4.78, 5) is 46.8. The Hall–Kier alpha value is -4.86. The molecule has 0 saturated heterocycles. The highest BCUT2D eigenvalue weighted by Crippen LogP contribution is 2.34. The number of nitrogens with one attached hydrogen (secondary N) is 2. The largest absolute Gasteiger partial charge is 0.494 e. The number of ether oxygens (including phenoxy) is 1. The van der Waals surface area contributed by atoms with Crippen LogP contribution in [0.4, 0.5) is 16.2 Å². The number of guanidine groups is 1. The van der Waals surface area contributed by atoms with Gasteiger partial charge in [-0.2, -0.15) is 0 Å². The molecule has 1 aliphatic heterocycles. The zero-order chi connectivity index (χ0) is 32.5. The van der Waals surface area contributed by atoms with Crippen molar-refractivity contribution < 1.29 is 24.2 Å². The van der Waals surface area contributed by atoms with E-state index in [-0.39, 0.29) is 18.4 Å². The molecule has 3 amide bonds. The lowest BCUT2D eigenvalue weighted by Gasteiger charge is -2.37. The average molecular weight is 626 g/mol. The van der Waals surface area contributed by atoms with Crippen LogP contribution in [0.5, 0.6) is 5.75 Å². The average Bonchev–Trinajstić information content (AvgIpc) is 3.07. The number of aliphatic carboxylic acids is 1. The number of urea groups is 1. The highest BCUT2D eigenvalue weighted by molar-refractivity contribution is 6.04. The van der Waals surface area contributed by atoms with Crippen LogP contribution in [0.25, 0.3) is 0 Å². The lowest BCUT2D eigenvalue weighted by molar-refractivity contribution is -0.142. The molecule has 1 heterocycles. The van der Waals surface area contributed by atoms with Crippen molar-refractivity contribution >= 4 is 35.2 Å². The minimum Gasteiger partial charge on any atom is -0.494 e. The Morgan fingerprint density at radius 1 is 0.978 bits per heavy atom. The second-order valence-corrected chi connectivity index (χ2v) is 12.0. The van der Waals surface area contributed by atoms with Crippen molar-refractivity contribution in [1.82, 2.24) is 15.1 Å². The van der Waals surface area contributed by atoms with Crippen LogP contribution in [-0.2, 0) is 16.1 Å². The first-order chi connectivity index (χ1) is 22.3. The first-order valence-electron chi connectivity index (χ1n) is 16.1. The van der Waals surface area contributed by atoms with Gasteiger partial charge in [0.25, 0.3) is 0 Å². The summed E-state index contributed by atoms with van der Waals surface area (Å²) in [5.74, 6) is -0.552. The topological polar surface area (TPSA) is 124 Å². The SMILES string of the molecule is CC(c1ccccc1)C(C(=O)O)N1Cc2cc(OCCCC(=O)N(C)C3CCCCC3)ccc2N=C1NC(=O)Nc1ccccc1. The van der Waals surface area contributed by atoms with E-state index in [1.165, 1.54) is 19.3 Å². The molecule has 2 aliphatic rings. The summed E-state index contributed by atoms with van der Waals surface area (Å²) in [6, 6.07) is 22.7. The van der Waals surface area contributed by atoms with Crippen LogP contribution in [0.1, 0.15) is 68.9 Å². The highest BCUT2D eigenvalue weighted by Gasteiger charge is 2.37. The van der Waals surface area contributed by atoms with Crippen molar-refractivity contribution in [2.24, 2.45) is 4.99 Å². The normalized spacial score (nSPS) is 16.0. The number of fused-ring (bicyclic) bond motifs is 1. The zero-order valence-electron chi connectivity index (χ0n) is 26.5. The van der Waals surface area contributed by atoms with Crippen LogP contribution in [0.3, 0.4) is 0 Å². The minimum atomic E-state index is -1.03. The first-order valence-corrected chi connectivity index (χ1v) is 16.1. The number of hydrogen-bond acceptors (Lipinski definition) is 6. The van der Waals surface area contributed by atoms with Gasteiger partial charge in [0.05, 0.1) is 12.3 Å². The van der Waals surface area contributed by atoms with Gasteiger partial charge in [0.2, 0.25) is 11.9 Å². The van der Waals surface area contributed by atoms with Gasteiger partial charge in [0.15, 0.2) is 0 Å². The highest BCUT2D eigenvalue weighted by atomic mass is 16.5. The van der Waals surface area contributed by atoms with Crippen LogP contribution in [0.2, 0.25) is 0 Å². The zero-order valence-corrected chi connectivity index (χ0v) is 26.5. The molecular weight excluding hydrogens is 582 g/mol. The second-order valence-electron chi connectivity index (χ2n) is 12.0. The number of carbonyl (C=O) groups is 3. The summed E-state index contributed by atoms with van der Waals surface area (Å²) in [6.45, 7) is 2.43. The molecule has 10 heteroatoms. The number of amides is 3. The number of aliphatic imine (C=N–C) groups is 1. The molecule has 3 aromatic rings. The predicted molar refractivity (Wildman–Crippen MR) is 178 cm³/mol. The van der Waals surface area contributed by atoms with Gasteiger partial charge in [0, 0.05) is 43.2 Å². The number of carboxylic acid groups (broad SMARTS) is 1. The summed E-state index contributed by atoms with van der Waals surface area (Å²) < 4.78 is 6.03. The monoisotopic (exact) mass is 625 g/mol. The molecule has 0 aromatic heterocycles. The number of rotatable bonds is 11. The molecule has 5 rings (SSSR count). The molecule has 3 aromatic carbocycles. The van der Waals surface area contributed by atoms with E-state index in [2.05, 4.69) is 10.6 Å². The number of benzene rings is 3. The third kappa shape index (κ3) is 8.24. The van der Waals surface area contributed by atoms with E-state index in [4.69, 9.17) is 9.73 Å². The quantitative estimate of drug-likeness (QED) is 0.209. The smallest absolute Gasteiger partial charge is 0.327 e. The third-order valence-corrected chi connectivity index (χ3v) is 8.85. The van der Waals surface area contributed by atoms with E-state index in [1.807, 2.05) is 73.5 Å². The van der Waals surface area contributed by atoms with Gasteiger partial charge in [-0.25, -0.2) is 14.6 Å². The van der Waals surface area contributed by atoms with Crippen molar-refractivity contribution in [2.45, 2.75) is 76.4 Å². The third-order valence-electron chi connectivity index (χ3n) is 8.85. The summed E-state index contributed by atoms with van der Waals surface area (Å²) in [5, 5.41) is 16.1. The van der Waals surface area contributed by atoms with Crippen molar-refractivity contribution in [1.29, 1.82) is 0 Å². The van der Waals surface area contributed by atoms with Crippen LogP contribution in [0, 0.1) is 0 Å². The van der Waals surface area contributed by atoms with Crippen LogP contribution >= 0.6 is 0 Å². The molecule has 1 aliphatic carbocycles. The molecule has 46 heavy (non-hydrogen) atoms. The Morgan fingerprint density at radius 3 is 2.37 bits per heavy atom. The fourth-order valence-corrected chi connectivity index (χ4v) is 6.26. The lowest BCUT2D eigenvalue weighted by atomic mass is 9.91. The summed E-state index contributed by atoms with van der Waals surface area (Å²) in [6.07, 6.45) is 6.79. The molecule has 0 spiro atoms. The number of para-hydroxylation sites is 1. The van der Waals surface area contributed by atoms with Crippen LogP contribution in [0.15, 0.2) is 83.9 Å². The minimum absolute atomic E-state index is 0.144. The predicted octanol–water partition coefficient (Wildman–Crippen LogP) is 6.52. The van der Waals surface area contributed by atoms with Crippen molar-refractivity contribution in [3.8, 4) is 5.75 Å². The Kier molecular flexibility index (Phi) is 10.9. The van der Waals surface area contributed by atoms with Crippen molar-refractivity contribution in [3.05, 3.63) is 90.0 Å². The van der Waals surface area contributed by atoms with Gasteiger partial charge >= 0.3 is 12.0 Å². The Bertz CT molecular complexity index is 1520. The molecule has 3 N–H and O–H groups in total. The second kappa shape index (κ2) is 15.4. The van der Waals surface area contributed by atoms with Gasteiger partial charge in [-0.15, -0.1) is 0 Å². The van der Waals surface area contributed by atoms with Gasteiger partial charge in [-0.3, -0.25) is 10.1 Å². The Balaban J connectivity index is 1.30. The summed E-state index contributed by atoms with van der Waals surface area (Å²) in [7, 11) is 1.91. The number of anilines is 1. The molecular formula is C36H43N5O5. The molecule has 2 atom stereocenters. The van der Waals surface area contributed by atoms with E-state index >= 15 is 0 Å². The van der Waals surface area contributed by atoms with Crippen molar-refractivity contribution in [3.63, 3.8) is 0 Å². The van der Waals surface area contributed by atoms with Crippen LogP contribution < -0.4 is 15.4 Å². The van der Waals surface area contributed by atoms with Gasteiger partial charge in [0.1, 0.15) is 11.8 Å². The van der Waals surface area contributed by atoms with Gasteiger partial charge in [-0.05, 0) is 55.2 Å². The molecule has 1 fully saturated rings. The molecule has 0 radical (unpaired) electrons. The molecule has 1 saturated carbocycles. The first kappa shape index (κ1) is 32.5. The van der Waals surface area contributed by atoms with E-state index in [1.54, 1.807) is 29.2 Å². The van der Waals surface area contributed by atoms with E-state index < -0.39 is 24.0 Å². The molecule has 10 nitrogen and oxygen atoms in total. The maximum Gasteiger partial charge on any atom is 0.327 e.